The maximum absolute atomic E-state index is 12.6. The van der Waals surface area contributed by atoms with Gasteiger partial charge in [0.15, 0.2) is 0 Å². The number of nitrogens with one attached hydrogen (secondary N) is 1. The lowest BCUT2D eigenvalue weighted by atomic mass is 9.70. The second-order valence-electron chi connectivity index (χ2n) is 21.9. The normalized spacial score (nSPS) is 27.4. The summed E-state index contributed by atoms with van der Waals surface area (Å²) in [4.78, 5) is 44.0. The molecule has 0 spiro atoms. The quantitative estimate of drug-likeness (QED) is 0.117. The summed E-state index contributed by atoms with van der Waals surface area (Å²) in [6.07, 6.45) is 17.2. The molecule has 0 unspecified atom stereocenters. The zero-order chi connectivity index (χ0) is 50.3. The first-order valence-corrected chi connectivity index (χ1v) is 26.6. The summed E-state index contributed by atoms with van der Waals surface area (Å²) < 4.78 is 12.3. The Kier molecular flexibility index (Phi) is 18.3. The van der Waals surface area contributed by atoms with Crippen LogP contribution in [0.25, 0.3) is 22.0 Å². The van der Waals surface area contributed by atoms with Crippen molar-refractivity contribution in [2.24, 2.45) is 16.2 Å². The number of halogens is 5. The van der Waals surface area contributed by atoms with E-state index in [0.717, 1.165) is 178 Å². The summed E-state index contributed by atoms with van der Waals surface area (Å²) in [6.45, 7) is 17.4. The molecule has 11 nitrogen and oxygen atoms in total. The molecule has 2 radical (unpaired) electrons. The van der Waals surface area contributed by atoms with Gasteiger partial charge in [-0.2, -0.15) is 0 Å². The van der Waals surface area contributed by atoms with Gasteiger partial charge in [0, 0.05) is 70.3 Å². The van der Waals surface area contributed by atoms with E-state index in [-0.39, 0.29) is 58.6 Å². The third-order valence-electron chi connectivity index (χ3n) is 17.4. The van der Waals surface area contributed by atoms with Crippen LogP contribution in [-0.4, -0.2) is 134 Å². The summed E-state index contributed by atoms with van der Waals surface area (Å²) in [5, 5.41) is 20.6. The van der Waals surface area contributed by atoms with Crippen molar-refractivity contribution < 1.29 is 38.5 Å². The van der Waals surface area contributed by atoms with Crippen molar-refractivity contribution in [2.45, 2.75) is 91.4 Å². The minimum absolute atomic E-state index is 0. The van der Waals surface area contributed by atoms with E-state index in [1.807, 2.05) is 57.2 Å². The number of quaternary nitrogens is 1. The number of H-pyrrole nitrogens is 1. The number of aliphatic hydroxyl groups is 1. The van der Waals surface area contributed by atoms with Crippen molar-refractivity contribution in [3.63, 3.8) is 0 Å². The summed E-state index contributed by atoms with van der Waals surface area (Å²) in [5.41, 5.74) is 9.84. The predicted octanol–water partition coefficient (Wildman–Crippen LogP) is 11.0. The molecule has 3 N–H and O–H groups in total. The number of piperidine rings is 9. The number of carboxylic acid groups (broad SMARTS) is 1. The number of aliphatic hydroxyl groups excluding tert-OH is 1. The molecule has 0 amide bonds. The largest absolute Gasteiger partial charge is 0.481 e. The number of carboxylic acids is 1. The Morgan fingerprint density at radius 1 is 0.630 bits per heavy atom. The van der Waals surface area contributed by atoms with Gasteiger partial charge < -0.3 is 38.9 Å². The van der Waals surface area contributed by atoms with Gasteiger partial charge in [-0.25, -0.2) is 14.4 Å². The first-order chi connectivity index (χ1) is 33.9. The van der Waals surface area contributed by atoms with Crippen LogP contribution in [0.3, 0.4) is 0 Å². The molecule has 4 aromatic rings. The minimum Gasteiger partial charge on any atom is -0.478 e. The van der Waals surface area contributed by atoms with E-state index in [1.165, 1.54) is 6.20 Å². The van der Waals surface area contributed by atoms with Crippen molar-refractivity contribution in [2.75, 3.05) is 78.7 Å². The highest BCUT2D eigenvalue weighted by atomic mass is 35.5. The maximum Gasteiger partial charge on any atom is 0.481 e. The van der Waals surface area contributed by atoms with Crippen molar-refractivity contribution >= 4 is 108 Å². The molecule has 1 aromatic heterocycles. The second-order valence-corrected chi connectivity index (χ2v) is 23.0. The number of ether oxygens (including phenoxy) is 2. The number of allylic oxidation sites excluding steroid dienone is 2. The first kappa shape index (κ1) is 57.2. The van der Waals surface area contributed by atoms with Crippen LogP contribution in [0.2, 0.25) is 15.1 Å². The number of aryl methyl sites for hydroxylation is 3. The van der Waals surface area contributed by atoms with E-state index >= 15 is 0 Å². The number of hydrogen-bond acceptors (Lipinski definition) is 8. The Morgan fingerprint density at radius 2 is 1.03 bits per heavy atom. The fourth-order valence-corrected chi connectivity index (χ4v) is 12.8. The van der Waals surface area contributed by atoms with Gasteiger partial charge in [-0.05, 0) is 145 Å². The Morgan fingerprint density at radius 3 is 1.42 bits per heavy atom. The Balaban J connectivity index is 0.000000147. The third-order valence-corrected chi connectivity index (χ3v) is 18.9. The molecule has 15 rings (SSSR count). The highest BCUT2D eigenvalue weighted by molar-refractivity contribution is 6.38. The lowest BCUT2D eigenvalue weighted by molar-refractivity contribution is -0.839. The number of aromatic carboxylic acids is 1. The zero-order valence-corrected chi connectivity index (χ0v) is 46.2. The fourth-order valence-electron chi connectivity index (χ4n) is 12.0. The average Bonchev–Trinajstić information content (AvgIpc) is 4.17. The van der Waals surface area contributed by atoms with Gasteiger partial charge in [0.25, 0.3) is 0 Å². The highest BCUT2D eigenvalue weighted by Gasteiger charge is 2.46. The van der Waals surface area contributed by atoms with Crippen molar-refractivity contribution in [1.29, 1.82) is 0 Å². The molecule has 9 saturated heterocycles. The maximum atomic E-state index is 12.6. The molecule has 9 aliphatic heterocycles. The van der Waals surface area contributed by atoms with Crippen LogP contribution in [0, 0.1) is 37.0 Å². The van der Waals surface area contributed by atoms with E-state index < -0.39 is 5.97 Å². The van der Waals surface area contributed by atoms with Crippen molar-refractivity contribution in [1.82, 2.24) is 14.8 Å². The van der Waals surface area contributed by atoms with Crippen molar-refractivity contribution in [3.05, 3.63) is 114 Å². The lowest BCUT2D eigenvalue weighted by Crippen LogP contribution is -2.61. The number of rotatable bonds is 8. The molecule has 10 heterocycles. The van der Waals surface area contributed by atoms with Gasteiger partial charge in [-0.3, -0.25) is 0 Å². The molecular weight excluding hydrogens is 1030 g/mol. The molecular formula is C56H69BCl5N4O7+. The molecule has 392 valence electrons. The fraction of sp³-hybridized carbons (Fsp3) is 0.518. The van der Waals surface area contributed by atoms with Crippen LogP contribution in [-0.2, 0) is 31.9 Å². The molecule has 17 heteroatoms. The minimum atomic E-state index is -0.969. The number of fused-ring (bicyclic) bond motifs is 12. The zero-order valence-electron chi connectivity index (χ0n) is 42.3. The Bertz CT molecular complexity index is 2610. The summed E-state index contributed by atoms with van der Waals surface area (Å²) in [5.74, 6) is -1.39. The smallest absolute Gasteiger partial charge is 0.478 e. The molecule has 2 aliphatic carbocycles. The predicted molar refractivity (Wildman–Crippen MR) is 297 cm³/mol. The van der Waals surface area contributed by atoms with Crippen LogP contribution in [0.1, 0.15) is 107 Å². The highest BCUT2D eigenvalue weighted by Crippen LogP contribution is 2.45. The van der Waals surface area contributed by atoms with E-state index in [4.69, 9.17) is 57.4 Å². The third kappa shape index (κ3) is 12.0. The molecule has 11 aliphatic rings. The monoisotopic (exact) mass is 1100 g/mol. The van der Waals surface area contributed by atoms with Gasteiger partial charge in [0.2, 0.25) is 0 Å². The molecule has 9 fully saturated rings. The van der Waals surface area contributed by atoms with E-state index in [9.17, 15) is 19.5 Å². The van der Waals surface area contributed by atoms with Gasteiger partial charge in [-0.15, -0.1) is 24.8 Å². The number of aromatic nitrogens is 1. The number of hydrogen-bond donors (Lipinski definition) is 3. The Labute approximate surface area is 458 Å². The molecule has 73 heavy (non-hydrogen) atoms. The second kappa shape index (κ2) is 23.4. The van der Waals surface area contributed by atoms with Gasteiger partial charge in [0.1, 0.15) is 0 Å². The van der Waals surface area contributed by atoms with E-state index in [0.29, 0.717) is 51.4 Å². The number of aromatic amines is 1. The molecule has 6 bridgehead atoms. The standard InChI is InChI=1S/2C19H22ClNO2.C10H8ClNO2.C8H15BNO.2ClH/c2*1-13-2-3-14-4-5-15(16(14)17(13)20)18(22)23-12-19-6-9-21(10-7-19)11-8-19;1-5-2-3-7-8(9(5)11)6(4-12-7)10(13)14;9-10-4-1-8(7-11,2-5-10)3-6-10;;/h2*2-3,5H,4,6-12H2,1H3;2-4,12H,1H3,(H,13,14);11H,1-7H2;2*1H/q;;;+1;;. The first-order valence-electron chi connectivity index (χ1n) is 25.5. The molecule has 0 atom stereocenters. The lowest BCUT2D eigenvalue weighted by Gasteiger charge is -2.53. The van der Waals surface area contributed by atoms with Crippen LogP contribution in [0.15, 0.2) is 54.7 Å². The average molecular weight is 1100 g/mol. The number of nitrogens with zero attached hydrogens (tertiary/aromatic N) is 3. The number of benzene rings is 3. The van der Waals surface area contributed by atoms with Crippen LogP contribution >= 0.6 is 59.6 Å². The van der Waals surface area contributed by atoms with Crippen LogP contribution in [0.4, 0.5) is 0 Å². The number of carbonyl (C=O) groups excluding carboxylic acids is 2. The summed E-state index contributed by atoms with van der Waals surface area (Å²) in [7, 11) is 6.07. The van der Waals surface area contributed by atoms with Crippen LogP contribution < -0.4 is 0 Å². The summed E-state index contributed by atoms with van der Waals surface area (Å²) >= 11 is 18.9. The molecule has 3 aromatic carbocycles. The van der Waals surface area contributed by atoms with E-state index in [1.54, 1.807) is 0 Å². The van der Waals surface area contributed by atoms with Crippen molar-refractivity contribution in [3.8, 4) is 0 Å². The SMILES string of the molecule is Cc1ccc2[nH]cc(C(=O)O)c2c1Cl.Cc1ccc2c(c1Cl)C(C(=O)OCC13CCN(CC1)CC3)=CC2.Cc1ccc2c(c1Cl)C(C(=O)OCC13CCN(CC1)CC3)=CC2.Cl.Cl.[B][N+]12CCC(CO)(CC1)CC2. The molecule has 0 saturated carbocycles. The van der Waals surface area contributed by atoms with Gasteiger partial charge in [0.05, 0.1) is 64.6 Å². The van der Waals surface area contributed by atoms with Crippen LogP contribution in [0.5, 0.6) is 0 Å². The van der Waals surface area contributed by atoms with Gasteiger partial charge >= 0.3 is 25.9 Å². The number of carbonyl (C=O) groups is 3. The summed E-state index contributed by atoms with van der Waals surface area (Å²) in [6, 6.07) is 11.8. The van der Waals surface area contributed by atoms with E-state index in [2.05, 4.69) is 26.9 Å². The van der Waals surface area contributed by atoms with Gasteiger partial charge in [-0.1, -0.05) is 77.3 Å². The number of esters is 2. The topological polar surface area (TPSA) is 132 Å². The Hall–Kier alpha value is -3.56.